The molecule has 9 heteroatoms. The number of nitrogens with one attached hydrogen (secondary N) is 2. The molecule has 0 fully saturated rings. The second kappa shape index (κ2) is 7.19. The third-order valence-corrected chi connectivity index (χ3v) is 4.43. The summed E-state index contributed by atoms with van der Waals surface area (Å²) in [7, 11) is 0. The standard InChI is InChI=1S/C20H16FN5O3/c1-11-12(2)22-20(24-18(11)27)26-17(10-15(25-26)16-8-5-9-29-16)23-19(28)13-6-3-4-7-14(13)21/h3-10H,1-2H3,(H,23,28)(H,22,24,27). The summed E-state index contributed by atoms with van der Waals surface area (Å²) in [4.78, 5) is 31.8. The van der Waals surface area contributed by atoms with Crippen molar-refractivity contribution >= 4 is 11.7 Å². The lowest BCUT2D eigenvalue weighted by atomic mass is 10.2. The normalized spacial score (nSPS) is 10.9. The van der Waals surface area contributed by atoms with Gasteiger partial charge in [0.2, 0.25) is 5.95 Å². The first kappa shape index (κ1) is 18.4. The Kier molecular flexibility index (Phi) is 4.55. The highest BCUT2D eigenvalue weighted by molar-refractivity contribution is 6.04. The van der Waals surface area contributed by atoms with Crippen molar-refractivity contribution in [1.29, 1.82) is 0 Å². The van der Waals surface area contributed by atoms with Crippen LogP contribution in [0.25, 0.3) is 17.4 Å². The van der Waals surface area contributed by atoms with E-state index in [-0.39, 0.29) is 22.9 Å². The first-order valence-corrected chi connectivity index (χ1v) is 8.72. The molecular weight excluding hydrogens is 377 g/mol. The molecule has 3 heterocycles. The zero-order valence-electron chi connectivity index (χ0n) is 15.6. The molecule has 29 heavy (non-hydrogen) atoms. The van der Waals surface area contributed by atoms with Crippen LogP contribution in [-0.4, -0.2) is 25.7 Å². The van der Waals surface area contributed by atoms with Crippen LogP contribution in [0.1, 0.15) is 21.6 Å². The number of rotatable bonds is 4. The fourth-order valence-electron chi connectivity index (χ4n) is 2.74. The van der Waals surface area contributed by atoms with E-state index in [1.807, 2.05) is 0 Å². The van der Waals surface area contributed by atoms with Crippen LogP contribution < -0.4 is 10.9 Å². The Morgan fingerprint density at radius 2 is 2.00 bits per heavy atom. The summed E-state index contributed by atoms with van der Waals surface area (Å²) >= 11 is 0. The van der Waals surface area contributed by atoms with Gasteiger partial charge in [-0.15, -0.1) is 0 Å². The third kappa shape index (κ3) is 3.45. The molecule has 8 nitrogen and oxygen atoms in total. The lowest BCUT2D eigenvalue weighted by Crippen LogP contribution is -2.21. The van der Waals surface area contributed by atoms with E-state index in [4.69, 9.17) is 4.42 Å². The first-order valence-electron chi connectivity index (χ1n) is 8.72. The van der Waals surface area contributed by atoms with E-state index in [1.165, 1.54) is 29.1 Å². The summed E-state index contributed by atoms with van der Waals surface area (Å²) in [6, 6.07) is 10.6. The van der Waals surface area contributed by atoms with Gasteiger partial charge in [-0.1, -0.05) is 12.1 Å². The molecule has 0 saturated heterocycles. The number of halogens is 1. The van der Waals surface area contributed by atoms with Crippen LogP contribution in [0.2, 0.25) is 0 Å². The molecule has 0 unspecified atom stereocenters. The number of aromatic nitrogens is 4. The van der Waals surface area contributed by atoms with Gasteiger partial charge in [-0.05, 0) is 38.1 Å². The minimum atomic E-state index is -0.665. The van der Waals surface area contributed by atoms with Crippen LogP contribution in [0, 0.1) is 19.7 Å². The number of nitrogens with zero attached hydrogens (tertiary/aromatic N) is 3. The molecule has 146 valence electrons. The molecule has 1 aromatic carbocycles. The molecule has 0 aliphatic rings. The number of anilines is 1. The summed E-state index contributed by atoms with van der Waals surface area (Å²) < 4.78 is 20.6. The van der Waals surface area contributed by atoms with Crippen molar-refractivity contribution in [3.8, 4) is 17.4 Å². The van der Waals surface area contributed by atoms with Crippen molar-refractivity contribution in [1.82, 2.24) is 19.7 Å². The van der Waals surface area contributed by atoms with E-state index in [0.717, 1.165) is 0 Å². The number of carbonyl (C=O) groups is 1. The van der Waals surface area contributed by atoms with Crippen LogP contribution in [0.5, 0.6) is 0 Å². The summed E-state index contributed by atoms with van der Waals surface area (Å²) in [6.07, 6.45) is 1.49. The SMILES string of the molecule is Cc1nc(-n2nc(-c3ccco3)cc2NC(=O)c2ccccc2F)[nH]c(=O)c1C. The van der Waals surface area contributed by atoms with Gasteiger partial charge in [0.25, 0.3) is 11.5 Å². The van der Waals surface area contributed by atoms with E-state index in [1.54, 1.807) is 38.1 Å². The van der Waals surface area contributed by atoms with Crippen molar-refractivity contribution in [3.63, 3.8) is 0 Å². The minimum Gasteiger partial charge on any atom is -0.463 e. The van der Waals surface area contributed by atoms with Crippen molar-refractivity contribution in [2.24, 2.45) is 0 Å². The highest BCUT2D eigenvalue weighted by Gasteiger charge is 2.19. The zero-order chi connectivity index (χ0) is 20.5. The fourth-order valence-corrected chi connectivity index (χ4v) is 2.74. The van der Waals surface area contributed by atoms with Gasteiger partial charge in [0.1, 0.15) is 17.3 Å². The van der Waals surface area contributed by atoms with E-state index in [9.17, 15) is 14.0 Å². The summed E-state index contributed by atoms with van der Waals surface area (Å²) in [5.74, 6) is -0.562. The van der Waals surface area contributed by atoms with Crippen LogP contribution in [0.4, 0.5) is 10.2 Å². The molecule has 0 atom stereocenters. The lowest BCUT2D eigenvalue weighted by Gasteiger charge is -2.09. The van der Waals surface area contributed by atoms with Crippen molar-refractivity contribution in [2.45, 2.75) is 13.8 Å². The number of furan rings is 1. The molecule has 0 aliphatic carbocycles. The van der Waals surface area contributed by atoms with Gasteiger partial charge >= 0.3 is 0 Å². The summed E-state index contributed by atoms with van der Waals surface area (Å²) in [5.41, 5.74) is 0.948. The van der Waals surface area contributed by atoms with Crippen molar-refractivity contribution in [3.05, 3.63) is 81.7 Å². The summed E-state index contributed by atoms with van der Waals surface area (Å²) in [6.45, 7) is 3.35. The lowest BCUT2D eigenvalue weighted by molar-refractivity contribution is 0.102. The first-order chi connectivity index (χ1) is 13.9. The van der Waals surface area contributed by atoms with Gasteiger partial charge in [-0.25, -0.2) is 9.37 Å². The monoisotopic (exact) mass is 393 g/mol. The Bertz CT molecular complexity index is 1260. The average molecular weight is 393 g/mol. The second-order valence-electron chi connectivity index (χ2n) is 6.34. The Morgan fingerprint density at radius 3 is 2.69 bits per heavy atom. The summed E-state index contributed by atoms with van der Waals surface area (Å²) in [5, 5.41) is 7.01. The van der Waals surface area contributed by atoms with Gasteiger partial charge in [-0.2, -0.15) is 9.78 Å². The number of hydrogen-bond donors (Lipinski definition) is 2. The number of H-pyrrole nitrogens is 1. The predicted octanol–water partition coefficient (Wildman–Crippen LogP) is 3.22. The fraction of sp³-hybridized carbons (Fsp3) is 0.100. The number of aromatic amines is 1. The van der Waals surface area contributed by atoms with Gasteiger partial charge in [0, 0.05) is 17.3 Å². The molecule has 1 amide bonds. The van der Waals surface area contributed by atoms with Crippen molar-refractivity contribution < 1.29 is 13.6 Å². The highest BCUT2D eigenvalue weighted by Crippen LogP contribution is 2.24. The molecule has 0 radical (unpaired) electrons. The van der Waals surface area contributed by atoms with Crippen LogP contribution in [0.15, 0.2) is 57.9 Å². The number of hydrogen-bond acceptors (Lipinski definition) is 5. The van der Waals surface area contributed by atoms with Gasteiger partial charge in [0.15, 0.2) is 5.76 Å². The molecule has 0 aliphatic heterocycles. The van der Waals surface area contributed by atoms with E-state index >= 15 is 0 Å². The number of amides is 1. The topological polar surface area (TPSA) is 106 Å². The zero-order valence-corrected chi connectivity index (χ0v) is 15.6. The maximum absolute atomic E-state index is 14.0. The Hall–Kier alpha value is -4.01. The van der Waals surface area contributed by atoms with E-state index in [0.29, 0.717) is 22.7 Å². The van der Waals surface area contributed by atoms with E-state index < -0.39 is 11.7 Å². The van der Waals surface area contributed by atoms with E-state index in [2.05, 4.69) is 20.4 Å². The predicted molar refractivity (Wildman–Crippen MR) is 104 cm³/mol. The largest absolute Gasteiger partial charge is 0.463 e. The molecular formula is C20H16FN5O3. The maximum Gasteiger partial charge on any atom is 0.259 e. The Morgan fingerprint density at radius 1 is 1.21 bits per heavy atom. The quantitative estimate of drug-likeness (QED) is 0.554. The van der Waals surface area contributed by atoms with Crippen LogP contribution >= 0.6 is 0 Å². The average Bonchev–Trinajstić information content (AvgIpc) is 3.36. The highest BCUT2D eigenvalue weighted by atomic mass is 19.1. The molecule has 0 bridgehead atoms. The van der Waals surface area contributed by atoms with Gasteiger partial charge in [0.05, 0.1) is 11.8 Å². The Labute approximate surface area is 164 Å². The Balaban J connectivity index is 1.81. The van der Waals surface area contributed by atoms with Gasteiger partial charge < -0.3 is 9.73 Å². The number of aryl methyl sites for hydroxylation is 1. The number of carbonyl (C=O) groups excluding carboxylic acids is 1. The third-order valence-electron chi connectivity index (χ3n) is 4.43. The molecule has 0 saturated carbocycles. The molecule has 0 spiro atoms. The van der Waals surface area contributed by atoms with Crippen LogP contribution in [-0.2, 0) is 0 Å². The minimum absolute atomic E-state index is 0.111. The molecule has 4 aromatic rings. The molecule has 3 aromatic heterocycles. The van der Waals surface area contributed by atoms with Gasteiger partial charge in [-0.3, -0.25) is 14.6 Å². The molecule has 4 rings (SSSR count). The number of benzene rings is 1. The van der Waals surface area contributed by atoms with Crippen LogP contribution in [0.3, 0.4) is 0 Å². The second-order valence-corrected chi connectivity index (χ2v) is 6.34. The van der Waals surface area contributed by atoms with Crippen molar-refractivity contribution in [2.75, 3.05) is 5.32 Å². The maximum atomic E-state index is 14.0. The smallest absolute Gasteiger partial charge is 0.259 e. The molecule has 2 N–H and O–H groups in total.